The summed E-state index contributed by atoms with van der Waals surface area (Å²) in [5, 5.41) is 6.16. The lowest BCUT2D eigenvalue weighted by Gasteiger charge is -2.37. The molecule has 3 aromatic carbocycles. The zero-order valence-corrected chi connectivity index (χ0v) is 16.5. The molecule has 1 aliphatic rings. The predicted molar refractivity (Wildman–Crippen MR) is 115 cm³/mol. The lowest BCUT2D eigenvalue weighted by Crippen LogP contribution is -2.52. The van der Waals surface area contributed by atoms with Crippen molar-refractivity contribution in [3.05, 3.63) is 99.6 Å². The molecule has 0 aliphatic carbocycles. The molecule has 0 spiro atoms. The molecule has 1 N–H and O–H groups in total. The Kier molecular flexibility index (Phi) is 5.28. The molecule has 27 heavy (non-hydrogen) atoms. The van der Waals surface area contributed by atoms with E-state index in [4.69, 9.17) is 34.8 Å². The molecule has 0 radical (unpaired) electrons. The quantitative estimate of drug-likeness (QED) is 0.530. The first-order valence-corrected chi connectivity index (χ1v) is 9.53. The molecule has 0 bridgehead atoms. The molecule has 0 saturated carbocycles. The van der Waals surface area contributed by atoms with Crippen molar-refractivity contribution in [1.82, 2.24) is 5.53 Å². The number of rotatable bonds is 3. The highest BCUT2D eigenvalue weighted by molar-refractivity contribution is 6.31. The smallest absolute Gasteiger partial charge is 0.0633 e. The molecular weight excluding hydrogens is 401 g/mol. The van der Waals surface area contributed by atoms with E-state index in [0.29, 0.717) is 16.6 Å². The van der Waals surface area contributed by atoms with E-state index in [-0.39, 0.29) is 0 Å². The number of benzene rings is 3. The number of anilines is 2. The van der Waals surface area contributed by atoms with Gasteiger partial charge in [-0.15, -0.1) is 5.53 Å². The Hall–Kier alpha value is -2.17. The molecule has 3 nitrogen and oxygen atoms in total. The van der Waals surface area contributed by atoms with Crippen LogP contribution in [-0.4, -0.2) is 6.54 Å². The van der Waals surface area contributed by atoms with E-state index in [2.05, 4.69) is 16.7 Å². The van der Waals surface area contributed by atoms with Crippen molar-refractivity contribution in [3.63, 3.8) is 0 Å². The van der Waals surface area contributed by atoms with Crippen molar-refractivity contribution in [2.45, 2.75) is 0 Å². The minimum atomic E-state index is 0.688. The number of halogens is 3. The monoisotopic (exact) mass is 415 g/mol. The van der Waals surface area contributed by atoms with E-state index in [0.717, 1.165) is 27.5 Å². The molecule has 0 aromatic heterocycles. The van der Waals surface area contributed by atoms with Gasteiger partial charge in [-0.1, -0.05) is 46.9 Å². The van der Waals surface area contributed by atoms with Crippen LogP contribution in [0.15, 0.2) is 79.0 Å². The number of hydrogen-bond acceptors (Lipinski definition) is 3. The van der Waals surface area contributed by atoms with E-state index >= 15 is 0 Å². The van der Waals surface area contributed by atoms with Crippen LogP contribution < -0.4 is 15.6 Å². The van der Waals surface area contributed by atoms with E-state index in [9.17, 15) is 0 Å². The van der Waals surface area contributed by atoms with Crippen LogP contribution in [0.2, 0.25) is 15.1 Å². The van der Waals surface area contributed by atoms with Crippen LogP contribution in [0, 0.1) is 0 Å². The van der Waals surface area contributed by atoms with Crippen LogP contribution in [0.1, 0.15) is 5.56 Å². The lowest BCUT2D eigenvalue weighted by atomic mass is 10.1. The third-order valence-corrected chi connectivity index (χ3v) is 5.06. The molecular formula is C21H16Cl3N3. The maximum absolute atomic E-state index is 6.05. The third-order valence-electron chi connectivity index (χ3n) is 4.30. The Labute approximate surface area is 173 Å². The Morgan fingerprint density at radius 1 is 0.630 bits per heavy atom. The first-order chi connectivity index (χ1) is 13.1. The van der Waals surface area contributed by atoms with Gasteiger partial charge in [0.05, 0.1) is 17.9 Å². The van der Waals surface area contributed by atoms with Crippen LogP contribution in [0.4, 0.5) is 11.4 Å². The van der Waals surface area contributed by atoms with Gasteiger partial charge in [-0.25, -0.2) is 0 Å². The first kappa shape index (κ1) is 18.2. The largest absolute Gasteiger partial charge is 0.286 e. The van der Waals surface area contributed by atoms with Gasteiger partial charge in [0, 0.05) is 21.3 Å². The van der Waals surface area contributed by atoms with E-state index in [1.807, 2.05) is 77.8 Å². The van der Waals surface area contributed by atoms with E-state index < -0.39 is 0 Å². The molecule has 0 atom stereocenters. The fourth-order valence-electron chi connectivity index (χ4n) is 2.90. The average Bonchev–Trinajstić information content (AvgIpc) is 2.69. The highest BCUT2D eigenvalue weighted by Crippen LogP contribution is 2.28. The van der Waals surface area contributed by atoms with Gasteiger partial charge in [0.2, 0.25) is 0 Å². The van der Waals surface area contributed by atoms with Crippen molar-refractivity contribution < 1.29 is 0 Å². The molecule has 6 heteroatoms. The summed E-state index contributed by atoms with van der Waals surface area (Å²) in [6, 6.07) is 23.3. The van der Waals surface area contributed by atoms with Crippen molar-refractivity contribution in [2.75, 3.05) is 16.6 Å². The molecule has 136 valence electrons. The Balaban J connectivity index is 1.72. The molecule has 0 unspecified atom stereocenters. The van der Waals surface area contributed by atoms with Gasteiger partial charge in [0.1, 0.15) is 0 Å². The highest BCUT2D eigenvalue weighted by atomic mass is 35.5. The van der Waals surface area contributed by atoms with Gasteiger partial charge in [-0.3, -0.25) is 10.0 Å². The van der Waals surface area contributed by atoms with Crippen LogP contribution >= 0.6 is 34.8 Å². The maximum atomic E-state index is 6.05. The molecule has 0 amide bonds. The lowest BCUT2D eigenvalue weighted by molar-refractivity contribution is 0.645. The van der Waals surface area contributed by atoms with E-state index in [1.54, 1.807) is 0 Å². The minimum absolute atomic E-state index is 0.688. The summed E-state index contributed by atoms with van der Waals surface area (Å²) in [5.74, 6) is 0. The minimum Gasteiger partial charge on any atom is -0.286 e. The predicted octanol–water partition coefficient (Wildman–Crippen LogP) is 6.43. The summed E-state index contributed by atoms with van der Waals surface area (Å²) in [5.41, 5.74) is 7.66. The van der Waals surface area contributed by atoms with Crippen molar-refractivity contribution in [3.8, 4) is 0 Å². The zero-order chi connectivity index (χ0) is 18.8. The van der Waals surface area contributed by atoms with Crippen LogP contribution in [0.5, 0.6) is 0 Å². The van der Waals surface area contributed by atoms with Crippen molar-refractivity contribution in [1.29, 1.82) is 0 Å². The summed E-state index contributed by atoms with van der Waals surface area (Å²) in [7, 11) is 0. The average molecular weight is 417 g/mol. The summed E-state index contributed by atoms with van der Waals surface area (Å²) in [4.78, 5) is 0. The molecule has 1 aliphatic heterocycles. The molecule has 3 aromatic rings. The third kappa shape index (κ3) is 4.23. The van der Waals surface area contributed by atoms with Gasteiger partial charge >= 0.3 is 0 Å². The fraction of sp³-hybridized carbons (Fsp3) is 0.0476. The summed E-state index contributed by atoms with van der Waals surface area (Å²) < 4.78 is 0. The standard InChI is InChI=1S/C21H16Cl3N3/c22-17-3-1-15(2-4-17)16-13-26(20-9-5-18(23)6-10-20)25-27(14-16)21-11-7-19(24)8-12-21/h1-13,25H,14H2. The normalized spacial score (nSPS) is 14.3. The number of hydrazine groups is 2. The van der Waals surface area contributed by atoms with Gasteiger partial charge in [0.25, 0.3) is 0 Å². The second-order valence-corrected chi connectivity index (χ2v) is 7.48. The highest BCUT2D eigenvalue weighted by Gasteiger charge is 2.20. The summed E-state index contributed by atoms with van der Waals surface area (Å²) in [6.45, 7) is 0.688. The first-order valence-electron chi connectivity index (χ1n) is 8.39. The fourth-order valence-corrected chi connectivity index (χ4v) is 3.27. The number of nitrogens with zero attached hydrogens (tertiary/aromatic N) is 2. The second kappa shape index (κ2) is 7.83. The molecule has 0 saturated heterocycles. The Morgan fingerprint density at radius 3 is 1.67 bits per heavy atom. The number of nitrogens with one attached hydrogen (secondary N) is 1. The van der Waals surface area contributed by atoms with Crippen LogP contribution in [-0.2, 0) is 0 Å². The summed E-state index contributed by atoms with van der Waals surface area (Å²) >= 11 is 18.1. The maximum Gasteiger partial charge on any atom is 0.0633 e. The van der Waals surface area contributed by atoms with Crippen molar-refractivity contribution in [2.24, 2.45) is 0 Å². The van der Waals surface area contributed by atoms with Gasteiger partial charge in [-0.05, 0) is 71.8 Å². The second-order valence-electron chi connectivity index (χ2n) is 6.17. The Bertz CT molecular complexity index is 951. The molecule has 1 heterocycles. The van der Waals surface area contributed by atoms with Gasteiger partial charge in [-0.2, -0.15) is 0 Å². The zero-order valence-electron chi connectivity index (χ0n) is 14.2. The van der Waals surface area contributed by atoms with Gasteiger partial charge in [0.15, 0.2) is 0 Å². The molecule has 4 rings (SSSR count). The van der Waals surface area contributed by atoms with E-state index in [1.165, 1.54) is 0 Å². The Morgan fingerprint density at radius 2 is 1.11 bits per heavy atom. The number of hydrogen-bond donors (Lipinski definition) is 1. The SMILES string of the molecule is Clc1ccc(C2=CN(c3ccc(Cl)cc3)NN(c3ccc(Cl)cc3)C2)cc1. The summed E-state index contributed by atoms with van der Waals surface area (Å²) in [6.07, 6.45) is 2.08. The molecule has 0 fully saturated rings. The topological polar surface area (TPSA) is 18.5 Å². The van der Waals surface area contributed by atoms with Crippen LogP contribution in [0.3, 0.4) is 0 Å². The van der Waals surface area contributed by atoms with Crippen molar-refractivity contribution >= 4 is 51.8 Å². The van der Waals surface area contributed by atoms with Crippen LogP contribution in [0.25, 0.3) is 5.57 Å². The van der Waals surface area contributed by atoms with Gasteiger partial charge < -0.3 is 0 Å².